The summed E-state index contributed by atoms with van der Waals surface area (Å²) in [5.74, 6) is 0.328. The highest BCUT2D eigenvalue weighted by Crippen LogP contribution is 2.22. The maximum atomic E-state index is 12.0. The van der Waals surface area contributed by atoms with Crippen molar-refractivity contribution in [1.82, 2.24) is 5.32 Å². The maximum Gasteiger partial charge on any atom is 0.251 e. The van der Waals surface area contributed by atoms with Crippen molar-refractivity contribution < 1.29 is 13.2 Å². The van der Waals surface area contributed by atoms with Gasteiger partial charge in [-0.1, -0.05) is 0 Å². The summed E-state index contributed by atoms with van der Waals surface area (Å²) >= 11 is 0. The molecule has 2 rings (SSSR count). The second kappa shape index (κ2) is 6.58. The minimum absolute atomic E-state index is 0.162. The molecule has 0 aliphatic heterocycles. The Balaban J connectivity index is 1.89. The fourth-order valence-electron chi connectivity index (χ4n) is 2.58. The van der Waals surface area contributed by atoms with Gasteiger partial charge in [-0.05, 0) is 55.9 Å². The molecule has 0 unspecified atom stereocenters. The van der Waals surface area contributed by atoms with Gasteiger partial charge in [0.2, 0.25) is 0 Å². The number of hydrogen-bond acceptors (Lipinski definition) is 4. The lowest BCUT2D eigenvalue weighted by atomic mass is 9.86. The first-order valence-corrected chi connectivity index (χ1v) is 9.09. The zero-order chi connectivity index (χ0) is 15.5. The molecule has 1 fully saturated rings. The van der Waals surface area contributed by atoms with Crippen LogP contribution in [0.1, 0.15) is 36.0 Å². The molecule has 1 saturated carbocycles. The molecule has 1 aromatic carbocycles. The summed E-state index contributed by atoms with van der Waals surface area (Å²) in [5.41, 5.74) is 6.34. The fourth-order valence-corrected chi connectivity index (χ4v) is 3.22. The van der Waals surface area contributed by atoms with Crippen molar-refractivity contribution in [2.24, 2.45) is 11.7 Å². The molecule has 0 spiro atoms. The van der Waals surface area contributed by atoms with Crippen LogP contribution in [0.4, 0.5) is 0 Å². The number of nitrogens with one attached hydrogen (secondary N) is 1. The molecule has 0 heterocycles. The van der Waals surface area contributed by atoms with Gasteiger partial charge >= 0.3 is 0 Å². The Morgan fingerprint density at radius 2 is 1.76 bits per heavy atom. The van der Waals surface area contributed by atoms with Gasteiger partial charge in [0, 0.05) is 24.4 Å². The molecule has 0 saturated heterocycles. The highest BCUT2D eigenvalue weighted by Gasteiger charge is 2.19. The topological polar surface area (TPSA) is 89.3 Å². The molecule has 3 N–H and O–H groups in total. The van der Waals surface area contributed by atoms with Crippen molar-refractivity contribution in [3.05, 3.63) is 29.8 Å². The van der Waals surface area contributed by atoms with E-state index in [1.54, 1.807) is 12.1 Å². The van der Waals surface area contributed by atoms with Crippen LogP contribution in [-0.4, -0.2) is 33.2 Å². The smallest absolute Gasteiger partial charge is 0.251 e. The van der Waals surface area contributed by atoms with E-state index in [0.29, 0.717) is 24.1 Å². The van der Waals surface area contributed by atoms with Crippen LogP contribution >= 0.6 is 0 Å². The lowest BCUT2D eigenvalue weighted by molar-refractivity contribution is 0.0943. The zero-order valence-electron chi connectivity index (χ0n) is 12.2. The minimum atomic E-state index is -3.22. The molecule has 21 heavy (non-hydrogen) atoms. The van der Waals surface area contributed by atoms with Crippen LogP contribution in [0, 0.1) is 5.92 Å². The molecular weight excluding hydrogens is 288 g/mol. The summed E-state index contributed by atoms with van der Waals surface area (Å²) in [6.45, 7) is 0.652. The lowest BCUT2D eigenvalue weighted by Gasteiger charge is -2.26. The molecule has 0 bridgehead atoms. The summed E-state index contributed by atoms with van der Waals surface area (Å²) in [5, 5.41) is 2.91. The van der Waals surface area contributed by atoms with Gasteiger partial charge in [-0.15, -0.1) is 0 Å². The van der Waals surface area contributed by atoms with Gasteiger partial charge in [0.25, 0.3) is 5.91 Å². The van der Waals surface area contributed by atoms with Crippen LogP contribution in [0.25, 0.3) is 0 Å². The fraction of sp³-hybridized carbons (Fsp3) is 0.533. The lowest BCUT2D eigenvalue weighted by Crippen LogP contribution is -2.34. The van der Waals surface area contributed by atoms with Gasteiger partial charge in [0.05, 0.1) is 4.90 Å². The molecule has 0 aromatic heterocycles. The van der Waals surface area contributed by atoms with Gasteiger partial charge in [0.15, 0.2) is 9.84 Å². The molecule has 0 radical (unpaired) electrons. The summed E-state index contributed by atoms with van der Waals surface area (Å²) in [6, 6.07) is 6.32. The predicted molar refractivity (Wildman–Crippen MR) is 81.8 cm³/mol. The van der Waals surface area contributed by atoms with E-state index >= 15 is 0 Å². The van der Waals surface area contributed by atoms with Gasteiger partial charge in [-0.25, -0.2) is 8.42 Å². The third kappa shape index (κ3) is 4.54. The predicted octanol–water partition coefficient (Wildman–Crippen LogP) is 1.34. The minimum Gasteiger partial charge on any atom is -0.352 e. The zero-order valence-corrected chi connectivity index (χ0v) is 13.0. The molecule has 6 heteroatoms. The molecule has 1 aliphatic carbocycles. The van der Waals surface area contributed by atoms with E-state index in [1.165, 1.54) is 12.1 Å². The van der Waals surface area contributed by atoms with Crippen molar-refractivity contribution in [3.8, 4) is 0 Å². The number of amides is 1. The van der Waals surface area contributed by atoms with Gasteiger partial charge < -0.3 is 11.1 Å². The molecule has 0 atom stereocenters. The number of carbonyl (C=O) groups is 1. The van der Waals surface area contributed by atoms with Gasteiger partial charge in [-0.3, -0.25) is 4.79 Å². The monoisotopic (exact) mass is 310 g/mol. The average molecular weight is 310 g/mol. The van der Waals surface area contributed by atoms with E-state index in [-0.39, 0.29) is 10.8 Å². The van der Waals surface area contributed by atoms with Crippen LogP contribution in [0.15, 0.2) is 29.2 Å². The average Bonchev–Trinajstić information content (AvgIpc) is 2.45. The Morgan fingerprint density at radius 3 is 2.29 bits per heavy atom. The Labute approximate surface area is 125 Å². The third-order valence-corrected chi connectivity index (χ3v) is 5.12. The first-order chi connectivity index (χ1) is 9.86. The van der Waals surface area contributed by atoms with Crippen LogP contribution in [0.2, 0.25) is 0 Å². The highest BCUT2D eigenvalue weighted by molar-refractivity contribution is 7.90. The molecular formula is C15H22N2O3S. The summed E-state index contributed by atoms with van der Waals surface area (Å²) < 4.78 is 22.7. The van der Waals surface area contributed by atoms with Crippen LogP contribution in [0.3, 0.4) is 0 Å². The highest BCUT2D eigenvalue weighted by atomic mass is 32.2. The number of rotatable bonds is 4. The maximum absolute atomic E-state index is 12.0. The van der Waals surface area contributed by atoms with Gasteiger partial charge in [-0.2, -0.15) is 0 Å². The number of hydrogen-bond donors (Lipinski definition) is 2. The Hall–Kier alpha value is -1.40. The normalized spacial score (nSPS) is 22.8. The van der Waals surface area contributed by atoms with Crippen molar-refractivity contribution in [1.29, 1.82) is 0 Å². The van der Waals surface area contributed by atoms with E-state index in [1.807, 2.05) is 0 Å². The Kier molecular flexibility index (Phi) is 5.00. The number of carbonyl (C=O) groups excluding carboxylic acids is 1. The number of benzene rings is 1. The second-order valence-electron chi connectivity index (χ2n) is 5.79. The largest absolute Gasteiger partial charge is 0.352 e. The first kappa shape index (κ1) is 16.0. The Morgan fingerprint density at radius 1 is 1.19 bits per heavy atom. The van der Waals surface area contributed by atoms with E-state index in [2.05, 4.69) is 5.32 Å². The summed E-state index contributed by atoms with van der Waals surface area (Å²) in [4.78, 5) is 12.2. The second-order valence-corrected chi connectivity index (χ2v) is 7.80. The van der Waals surface area contributed by atoms with Crippen molar-refractivity contribution in [2.75, 3.05) is 12.8 Å². The van der Waals surface area contributed by atoms with E-state index in [4.69, 9.17) is 5.73 Å². The molecule has 1 amide bonds. The summed E-state index contributed by atoms with van der Waals surface area (Å²) in [6.07, 6.45) is 5.28. The molecule has 1 aliphatic rings. The van der Waals surface area contributed by atoms with Gasteiger partial charge in [0.1, 0.15) is 0 Å². The number of nitrogens with two attached hydrogens (primary N) is 1. The first-order valence-electron chi connectivity index (χ1n) is 7.20. The van der Waals surface area contributed by atoms with Crippen LogP contribution in [0.5, 0.6) is 0 Å². The van der Waals surface area contributed by atoms with Crippen LogP contribution < -0.4 is 11.1 Å². The molecule has 116 valence electrons. The SMILES string of the molecule is CS(=O)(=O)c1ccc(C(=O)NCC2CCC(N)CC2)cc1. The summed E-state index contributed by atoms with van der Waals surface area (Å²) in [7, 11) is -3.22. The van der Waals surface area contributed by atoms with Crippen molar-refractivity contribution in [3.63, 3.8) is 0 Å². The molecule has 1 aromatic rings. The van der Waals surface area contributed by atoms with Crippen molar-refractivity contribution >= 4 is 15.7 Å². The van der Waals surface area contributed by atoms with Crippen molar-refractivity contribution in [2.45, 2.75) is 36.6 Å². The number of sulfone groups is 1. The Bertz CT molecular complexity index is 588. The van der Waals surface area contributed by atoms with E-state index < -0.39 is 9.84 Å². The standard InChI is InChI=1S/C15H22N2O3S/c1-21(19,20)14-8-4-12(5-9-14)15(18)17-10-11-2-6-13(16)7-3-11/h4-5,8-9,11,13H,2-3,6-7,10,16H2,1H3,(H,17,18). The van der Waals surface area contributed by atoms with E-state index in [9.17, 15) is 13.2 Å². The van der Waals surface area contributed by atoms with E-state index in [0.717, 1.165) is 31.9 Å². The quantitative estimate of drug-likeness (QED) is 0.878. The third-order valence-electron chi connectivity index (χ3n) is 3.99. The van der Waals surface area contributed by atoms with Crippen LogP contribution in [-0.2, 0) is 9.84 Å². The molecule has 5 nitrogen and oxygen atoms in total.